The standard InChI is InChI=1S/C9H21O3PS3/c1-6-11-13(14,12-7-2)15-8-16(10)9(3,4)5/h6-8H2,1-5H3. The molecule has 16 heavy (non-hydrogen) atoms. The van der Waals surface area contributed by atoms with E-state index in [2.05, 4.69) is 0 Å². The number of rotatable bonds is 7. The van der Waals surface area contributed by atoms with E-state index in [9.17, 15) is 4.55 Å². The lowest BCUT2D eigenvalue weighted by Gasteiger charge is -2.26. The van der Waals surface area contributed by atoms with Crippen molar-refractivity contribution >= 4 is 40.1 Å². The first-order chi connectivity index (χ1) is 7.25. The average Bonchev–Trinajstić information content (AvgIpc) is 2.13. The Balaban J connectivity index is 4.27. The van der Waals surface area contributed by atoms with E-state index < -0.39 is 16.9 Å². The molecule has 0 saturated heterocycles. The van der Waals surface area contributed by atoms with E-state index in [0.29, 0.717) is 18.3 Å². The largest absolute Gasteiger partial charge is 0.615 e. The van der Waals surface area contributed by atoms with Crippen LogP contribution < -0.4 is 0 Å². The molecular weight excluding hydrogens is 283 g/mol. The van der Waals surface area contributed by atoms with Crippen LogP contribution in [-0.2, 0) is 32.0 Å². The molecule has 0 aliphatic carbocycles. The molecule has 0 N–H and O–H groups in total. The molecule has 0 amide bonds. The first-order valence-electron chi connectivity index (χ1n) is 5.17. The summed E-state index contributed by atoms with van der Waals surface area (Å²) in [6.45, 7) is 10.7. The van der Waals surface area contributed by atoms with E-state index in [4.69, 9.17) is 20.9 Å². The zero-order chi connectivity index (χ0) is 12.8. The smallest absolute Gasteiger partial charge is 0.251 e. The Bertz CT molecular complexity index is 233. The highest BCUT2D eigenvalue weighted by Crippen LogP contribution is 2.61. The van der Waals surface area contributed by atoms with Crippen LogP contribution in [0.1, 0.15) is 34.6 Å². The van der Waals surface area contributed by atoms with Gasteiger partial charge >= 0.3 is 0 Å². The summed E-state index contributed by atoms with van der Waals surface area (Å²) in [5.74, 6) is 0. The van der Waals surface area contributed by atoms with Crippen LogP contribution in [-0.4, -0.2) is 27.6 Å². The van der Waals surface area contributed by atoms with Gasteiger partial charge in [-0.3, -0.25) is 0 Å². The minimum atomic E-state index is -2.29. The molecule has 0 rings (SSSR count). The van der Waals surface area contributed by atoms with Crippen LogP contribution in [0.25, 0.3) is 0 Å². The minimum Gasteiger partial charge on any atom is -0.615 e. The van der Waals surface area contributed by atoms with Crippen molar-refractivity contribution in [3.8, 4) is 0 Å². The van der Waals surface area contributed by atoms with Crippen LogP contribution in [0.4, 0.5) is 0 Å². The molecule has 0 aliphatic rings. The van der Waals surface area contributed by atoms with Crippen LogP contribution in [0.3, 0.4) is 0 Å². The van der Waals surface area contributed by atoms with Crippen molar-refractivity contribution in [2.24, 2.45) is 0 Å². The lowest BCUT2D eigenvalue weighted by molar-refractivity contribution is 0.280. The summed E-state index contributed by atoms with van der Waals surface area (Å²) in [4.78, 5) is 0. The molecule has 0 spiro atoms. The molecule has 0 aromatic rings. The van der Waals surface area contributed by atoms with Crippen LogP contribution in [0.5, 0.6) is 0 Å². The third kappa shape index (κ3) is 6.84. The second kappa shape index (κ2) is 7.62. The van der Waals surface area contributed by atoms with Crippen molar-refractivity contribution in [3.05, 3.63) is 0 Å². The fraction of sp³-hybridized carbons (Fsp3) is 1.00. The van der Waals surface area contributed by atoms with Gasteiger partial charge in [0.25, 0.3) is 5.69 Å². The Kier molecular flexibility index (Phi) is 8.20. The van der Waals surface area contributed by atoms with Gasteiger partial charge in [0.2, 0.25) is 0 Å². The molecule has 0 aliphatic heterocycles. The van der Waals surface area contributed by atoms with Gasteiger partial charge in [-0.2, -0.15) is 0 Å². The van der Waals surface area contributed by atoms with Crippen molar-refractivity contribution in [3.63, 3.8) is 0 Å². The number of hydrogen-bond acceptors (Lipinski definition) is 5. The van der Waals surface area contributed by atoms with E-state index >= 15 is 0 Å². The lowest BCUT2D eigenvalue weighted by atomic mass is 10.3. The zero-order valence-electron chi connectivity index (χ0n) is 10.5. The summed E-state index contributed by atoms with van der Waals surface area (Å²) < 4.78 is 22.6. The van der Waals surface area contributed by atoms with Crippen molar-refractivity contribution < 1.29 is 13.6 Å². The molecule has 1 unspecified atom stereocenters. The predicted molar refractivity (Wildman–Crippen MR) is 77.9 cm³/mol. The minimum absolute atomic E-state index is 0.217. The summed E-state index contributed by atoms with van der Waals surface area (Å²) in [6.07, 6.45) is 0. The third-order valence-electron chi connectivity index (χ3n) is 1.58. The van der Waals surface area contributed by atoms with Crippen LogP contribution in [0.15, 0.2) is 0 Å². The third-order valence-corrected chi connectivity index (χ3v) is 9.80. The van der Waals surface area contributed by atoms with Gasteiger partial charge in [0.15, 0.2) is 5.08 Å². The van der Waals surface area contributed by atoms with E-state index in [1.54, 1.807) is 0 Å². The van der Waals surface area contributed by atoms with E-state index in [0.717, 1.165) is 0 Å². The topological polar surface area (TPSA) is 41.5 Å². The molecular formula is C9H21O3PS3. The molecule has 0 fully saturated rings. The molecule has 0 aromatic heterocycles. The van der Waals surface area contributed by atoms with Gasteiger partial charge in [-0.25, -0.2) is 0 Å². The SMILES string of the molecule is CCOP(=S)(OCC)SC[S+]([O-])C(C)(C)C. The Hall–Kier alpha value is 1.23. The summed E-state index contributed by atoms with van der Waals surface area (Å²) in [5.41, 5.74) is -2.29. The first-order valence-corrected chi connectivity index (χ1v) is 10.7. The summed E-state index contributed by atoms with van der Waals surface area (Å²) in [6, 6.07) is 0. The fourth-order valence-corrected chi connectivity index (χ4v) is 8.78. The molecule has 1 atom stereocenters. The molecule has 0 bridgehead atoms. The van der Waals surface area contributed by atoms with Gasteiger partial charge in [0.05, 0.1) is 13.2 Å². The highest BCUT2D eigenvalue weighted by Gasteiger charge is 2.29. The predicted octanol–water partition coefficient (Wildman–Crippen LogP) is 3.52. The number of hydrogen-bond donors (Lipinski definition) is 0. The van der Waals surface area contributed by atoms with Crippen molar-refractivity contribution in [2.45, 2.75) is 39.4 Å². The highest BCUT2D eigenvalue weighted by molar-refractivity contribution is 8.69. The second-order valence-corrected chi connectivity index (χ2v) is 12.9. The highest BCUT2D eigenvalue weighted by atomic mass is 32.9. The van der Waals surface area contributed by atoms with E-state index in [1.807, 2.05) is 34.6 Å². The van der Waals surface area contributed by atoms with Crippen LogP contribution >= 0.6 is 17.1 Å². The van der Waals surface area contributed by atoms with Gasteiger partial charge in [-0.15, -0.1) is 0 Å². The van der Waals surface area contributed by atoms with Crippen molar-refractivity contribution in [1.82, 2.24) is 0 Å². The average molecular weight is 304 g/mol. The van der Waals surface area contributed by atoms with Crippen LogP contribution in [0.2, 0.25) is 0 Å². The summed E-state index contributed by atoms with van der Waals surface area (Å²) in [7, 11) is 0. The van der Waals surface area contributed by atoms with Crippen molar-refractivity contribution in [1.29, 1.82) is 0 Å². The lowest BCUT2D eigenvalue weighted by Crippen LogP contribution is -2.29. The maximum absolute atomic E-state index is 11.9. The van der Waals surface area contributed by atoms with E-state index in [1.165, 1.54) is 11.4 Å². The Morgan fingerprint density at radius 2 is 1.69 bits per heavy atom. The Morgan fingerprint density at radius 3 is 2.00 bits per heavy atom. The quantitative estimate of drug-likeness (QED) is 0.532. The monoisotopic (exact) mass is 304 g/mol. The van der Waals surface area contributed by atoms with Crippen LogP contribution in [0, 0.1) is 0 Å². The van der Waals surface area contributed by atoms with Gasteiger partial charge in [-0.05, 0) is 69.0 Å². The van der Waals surface area contributed by atoms with Gasteiger partial charge < -0.3 is 13.6 Å². The molecule has 0 saturated carbocycles. The molecule has 3 nitrogen and oxygen atoms in total. The molecule has 98 valence electrons. The van der Waals surface area contributed by atoms with Crippen molar-refractivity contribution in [2.75, 3.05) is 18.3 Å². The first kappa shape index (κ1) is 17.2. The zero-order valence-corrected chi connectivity index (χ0v) is 13.9. The Morgan fingerprint density at radius 1 is 1.25 bits per heavy atom. The van der Waals surface area contributed by atoms with Gasteiger partial charge in [-0.1, -0.05) is 0 Å². The maximum Gasteiger partial charge on any atom is 0.251 e. The fourth-order valence-electron chi connectivity index (χ4n) is 0.717. The van der Waals surface area contributed by atoms with Gasteiger partial charge in [0.1, 0.15) is 4.75 Å². The molecule has 0 aromatic carbocycles. The molecule has 7 heteroatoms. The summed E-state index contributed by atoms with van der Waals surface area (Å²) in [5, 5.41) is 0.473. The normalized spacial score (nSPS) is 15.1. The van der Waals surface area contributed by atoms with Gasteiger partial charge in [0, 0.05) is 0 Å². The molecule has 0 heterocycles. The summed E-state index contributed by atoms with van der Waals surface area (Å²) >= 11 is 5.80. The maximum atomic E-state index is 11.9. The van der Waals surface area contributed by atoms with E-state index in [-0.39, 0.29) is 4.75 Å². The Labute approximate surface area is 111 Å². The second-order valence-electron chi connectivity index (χ2n) is 3.99. The molecule has 0 radical (unpaired) electrons.